The van der Waals surface area contributed by atoms with E-state index < -0.39 is 11.4 Å². The van der Waals surface area contributed by atoms with E-state index in [1.807, 2.05) is 39.0 Å². The lowest BCUT2D eigenvalue weighted by Gasteiger charge is -2.22. The minimum Gasteiger partial charge on any atom is -0.493 e. The number of ketones is 1. The fraction of sp³-hybridized carbons (Fsp3) is 0.357. The van der Waals surface area contributed by atoms with Crippen molar-refractivity contribution in [3.63, 3.8) is 0 Å². The molecule has 0 aromatic heterocycles. The molecular weight excluding hydrogens is 458 g/mol. The van der Waals surface area contributed by atoms with Crippen molar-refractivity contribution in [2.75, 3.05) is 26.8 Å². The molecule has 1 amide bonds. The molecule has 1 aliphatic heterocycles. The Labute approximate surface area is 211 Å². The summed E-state index contributed by atoms with van der Waals surface area (Å²) in [6, 6.07) is 10.7. The number of benzene rings is 2. The zero-order chi connectivity index (χ0) is 26.5. The van der Waals surface area contributed by atoms with Crippen LogP contribution in [-0.2, 0) is 21.5 Å². The number of ether oxygens (including phenoxy) is 2. The van der Waals surface area contributed by atoms with Crippen LogP contribution in [-0.4, -0.2) is 55.2 Å². The standard InChI is InChI=1S/C28H33N3O5/c1-6-35-24-14-19-16-31(26(29)21(19)15-22(24)27(34)30-5)17-23(32)18-9-8-10-20(13-18)28(3,4)12-11-25(33)36-7-2/h8-15,29H,6-7,16-17H2,1-5H3,(H,30,34)/b12-11+,29-26?. The van der Waals surface area contributed by atoms with Crippen molar-refractivity contribution >= 4 is 23.5 Å². The molecule has 0 radical (unpaired) electrons. The monoisotopic (exact) mass is 491 g/mol. The zero-order valence-corrected chi connectivity index (χ0v) is 21.4. The Kier molecular flexibility index (Phi) is 8.29. The zero-order valence-electron chi connectivity index (χ0n) is 21.4. The van der Waals surface area contributed by atoms with E-state index >= 15 is 0 Å². The van der Waals surface area contributed by atoms with Gasteiger partial charge in [-0.1, -0.05) is 38.1 Å². The average molecular weight is 492 g/mol. The first-order valence-electron chi connectivity index (χ1n) is 12.0. The Morgan fingerprint density at radius 1 is 1.14 bits per heavy atom. The van der Waals surface area contributed by atoms with Crippen LogP contribution in [0, 0.1) is 5.41 Å². The molecule has 0 saturated carbocycles. The van der Waals surface area contributed by atoms with E-state index in [0.717, 1.165) is 11.1 Å². The maximum atomic E-state index is 13.2. The minimum atomic E-state index is -0.494. The number of esters is 1. The number of amidine groups is 1. The summed E-state index contributed by atoms with van der Waals surface area (Å²) in [6.45, 7) is 8.63. The quantitative estimate of drug-likeness (QED) is 0.297. The third-order valence-corrected chi connectivity index (χ3v) is 6.10. The number of allylic oxidation sites excluding steroid dienone is 1. The van der Waals surface area contributed by atoms with Crippen LogP contribution in [0.4, 0.5) is 0 Å². The van der Waals surface area contributed by atoms with Crippen LogP contribution < -0.4 is 10.1 Å². The molecule has 3 rings (SSSR count). The Bertz CT molecular complexity index is 1220. The molecule has 0 spiro atoms. The summed E-state index contributed by atoms with van der Waals surface area (Å²) in [5.41, 5.74) is 2.72. The summed E-state index contributed by atoms with van der Waals surface area (Å²) in [6.07, 6.45) is 3.17. The predicted molar refractivity (Wildman–Crippen MR) is 138 cm³/mol. The number of Topliss-reactive ketones (excluding diaryl/α,β-unsaturated/α-hetero) is 1. The number of hydrogen-bond acceptors (Lipinski definition) is 6. The molecule has 1 aliphatic rings. The lowest BCUT2D eigenvalue weighted by molar-refractivity contribution is -0.137. The summed E-state index contributed by atoms with van der Waals surface area (Å²) >= 11 is 0. The first-order valence-corrected chi connectivity index (χ1v) is 12.0. The molecule has 2 aromatic carbocycles. The first kappa shape index (κ1) is 26.7. The van der Waals surface area contributed by atoms with Gasteiger partial charge in [-0.25, -0.2) is 4.79 Å². The molecule has 8 nitrogen and oxygen atoms in total. The van der Waals surface area contributed by atoms with Gasteiger partial charge in [-0.2, -0.15) is 0 Å². The Morgan fingerprint density at radius 3 is 2.56 bits per heavy atom. The fourth-order valence-corrected chi connectivity index (χ4v) is 4.07. The van der Waals surface area contributed by atoms with Crippen molar-refractivity contribution < 1.29 is 23.9 Å². The molecule has 1 heterocycles. The van der Waals surface area contributed by atoms with Gasteiger partial charge in [0.2, 0.25) is 0 Å². The molecule has 0 atom stereocenters. The molecule has 2 aromatic rings. The highest BCUT2D eigenvalue weighted by molar-refractivity contribution is 6.07. The second kappa shape index (κ2) is 11.2. The van der Waals surface area contributed by atoms with E-state index in [2.05, 4.69) is 5.32 Å². The van der Waals surface area contributed by atoms with Gasteiger partial charge in [-0.05, 0) is 43.2 Å². The predicted octanol–water partition coefficient (Wildman–Crippen LogP) is 3.87. The number of carbonyl (C=O) groups excluding carboxylic acids is 3. The van der Waals surface area contributed by atoms with E-state index in [4.69, 9.17) is 14.9 Å². The normalized spacial score (nSPS) is 13.0. The number of nitrogens with one attached hydrogen (secondary N) is 2. The van der Waals surface area contributed by atoms with Crippen LogP contribution >= 0.6 is 0 Å². The lowest BCUT2D eigenvalue weighted by Crippen LogP contribution is -2.30. The average Bonchev–Trinajstić information content (AvgIpc) is 3.16. The highest BCUT2D eigenvalue weighted by Gasteiger charge is 2.29. The van der Waals surface area contributed by atoms with Gasteiger partial charge >= 0.3 is 5.97 Å². The Hall–Kier alpha value is -3.94. The molecule has 0 fully saturated rings. The van der Waals surface area contributed by atoms with Gasteiger partial charge in [0.05, 0.1) is 25.3 Å². The molecule has 0 bridgehead atoms. The number of amides is 1. The van der Waals surface area contributed by atoms with Crippen LogP contribution in [0.15, 0.2) is 48.6 Å². The van der Waals surface area contributed by atoms with E-state index in [1.54, 1.807) is 43.1 Å². The lowest BCUT2D eigenvalue weighted by atomic mass is 9.83. The topological polar surface area (TPSA) is 109 Å². The molecular formula is C28H33N3O5. The molecule has 0 aliphatic carbocycles. The fourth-order valence-electron chi connectivity index (χ4n) is 4.07. The van der Waals surface area contributed by atoms with E-state index in [-0.39, 0.29) is 24.1 Å². The minimum absolute atomic E-state index is 0.0232. The van der Waals surface area contributed by atoms with Gasteiger partial charge < -0.3 is 19.7 Å². The molecule has 8 heteroatoms. The largest absolute Gasteiger partial charge is 0.493 e. The molecule has 0 unspecified atom stereocenters. The summed E-state index contributed by atoms with van der Waals surface area (Å²) in [4.78, 5) is 38.9. The number of nitrogens with zero attached hydrogens (tertiary/aromatic N) is 1. The Morgan fingerprint density at radius 2 is 1.89 bits per heavy atom. The third-order valence-electron chi connectivity index (χ3n) is 6.10. The maximum absolute atomic E-state index is 13.2. The first-order chi connectivity index (χ1) is 17.1. The van der Waals surface area contributed by atoms with E-state index in [0.29, 0.717) is 42.2 Å². The van der Waals surface area contributed by atoms with Gasteiger partial charge in [0.25, 0.3) is 5.91 Å². The summed E-state index contributed by atoms with van der Waals surface area (Å²) < 4.78 is 10.6. The van der Waals surface area contributed by atoms with Crippen molar-refractivity contribution in [3.8, 4) is 5.75 Å². The van der Waals surface area contributed by atoms with Crippen LogP contribution in [0.5, 0.6) is 5.75 Å². The summed E-state index contributed by atoms with van der Waals surface area (Å²) in [5, 5.41) is 11.2. The second-order valence-electron chi connectivity index (χ2n) is 9.03. The number of fused-ring (bicyclic) bond motifs is 1. The second-order valence-corrected chi connectivity index (χ2v) is 9.03. The SMILES string of the molecule is CCOC(=O)/C=C/C(C)(C)c1cccc(C(=O)CN2Cc3cc(OCC)c(C(=O)NC)cc3C2=N)c1. The number of hydrogen-bond donors (Lipinski definition) is 2. The Balaban J connectivity index is 1.79. The maximum Gasteiger partial charge on any atom is 0.330 e. The smallest absolute Gasteiger partial charge is 0.330 e. The van der Waals surface area contributed by atoms with Crippen LogP contribution in [0.25, 0.3) is 0 Å². The van der Waals surface area contributed by atoms with Gasteiger partial charge in [0.15, 0.2) is 5.78 Å². The highest BCUT2D eigenvalue weighted by atomic mass is 16.5. The van der Waals surface area contributed by atoms with Crippen molar-refractivity contribution in [1.29, 1.82) is 5.41 Å². The number of carbonyl (C=O) groups is 3. The van der Waals surface area contributed by atoms with Crippen molar-refractivity contribution in [2.45, 2.75) is 39.7 Å². The van der Waals surface area contributed by atoms with Crippen molar-refractivity contribution in [1.82, 2.24) is 10.2 Å². The molecule has 36 heavy (non-hydrogen) atoms. The highest BCUT2D eigenvalue weighted by Crippen LogP contribution is 2.31. The van der Waals surface area contributed by atoms with Crippen LogP contribution in [0.3, 0.4) is 0 Å². The van der Waals surface area contributed by atoms with Gasteiger partial charge in [0.1, 0.15) is 11.6 Å². The van der Waals surface area contributed by atoms with Crippen molar-refractivity contribution in [2.24, 2.45) is 0 Å². The van der Waals surface area contributed by atoms with E-state index in [1.165, 1.54) is 6.08 Å². The molecule has 2 N–H and O–H groups in total. The van der Waals surface area contributed by atoms with Crippen LogP contribution in [0.1, 0.15) is 65.1 Å². The van der Waals surface area contributed by atoms with Crippen LogP contribution in [0.2, 0.25) is 0 Å². The van der Waals surface area contributed by atoms with Gasteiger partial charge in [0, 0.05) is 36.2 Å². The number of rotatable bonds is 10. The van der Waals surface area contributed by atoms with Crippen molar-refractivity contribution in [3.05, 3.63) is 76.4 Å². The third kappa shape index (κ3) is 5.82. The summed E-state index contributed by atoms with van der Waals surface area (Å²) in [7, 11) is 1.55. The molecule has 0 saturated heterocycles. The van der Waals surface area contributed by atoms with Gasteiger partial charge in [-0.3, -0.25) is 15.0 Å². The summed E-state index contributed by atoms with van der Waals surface area (Å²) in [5.74, 6) is -0.170. The van der Waals surface area contributed by atoms with Gasteiger partial charge in [-0.15, -0.1) is 0 Å². The molecule has 190 valence electrons. The van der Waals surface area contributed by atoms with E-state index in [9.17, 15) is 14.4 Å².